The average Bonchev–Trinajstić information content (AvgIpc) is 3.21. The largest absolute Gasteiger partial charge is 0.351 e. The molecule has 3 rings (SSSR count). The first-order chi connectivity index (χ1) is 9.24. The Morgan fingerprint density at radius 1 is 1.26 bits per heavy atom. The van der Waals surface area contributed by atoms with E-state index in [1.165, 1.54) is 32.1 Å². The summed E-state index contributed by atoms with van der Waals surface area (Å²) >= 11 is 12.2. The zero-order chi connectivity index (χ0) is 13.2. The molecule has 3 nitrogen and oxygen atoms in total. The van der Waals surface area contributed by atoms with Gasteiger partial charge in [0.05, 0.1) is 10.0 Å². The van der Waals surface area contributed by atoms with Crippen molar-refractivity contribution in [2.75, 3.05) is 18.0 Å². The molecule has 1 unspecified atom stereocenters. The number of pyridine rings is 1. The molecule has 19 heavy (non-hydrogen) atoms. The van der Waals surface area contributed by atoms with Crippen molar-refractivity contribution >= 4 is 29.0 Å². The minimum absolute atomic E-state index is 0.500. The van der Waals surface area contributed by atoms with E-state index >= 15 is 0 Å². The molecule has 1 atom stereocenters. The van der Waals surface area contributed by atoms with E-state index in [2.05, 4.69) is 15.2 Å². The first kappa shape index (κ1) is 13.5. The number of piperidine rings is 1. The van der Waals surface area contributed by atoms with Crippen LogP contribution in [0.5, 0.6) is 0 Å². The average molecular weight is 300 g/mol. The van der Waals surface area contributed by atoms with Crippen LogP contribution in [0, 0.1) is 0 Å². The fraction of sp³-hybridized carbons (Fsp3) is 0.643. The second-order valence-electron chi connectivity index (χ2n) is 5.48. The molecular weight excluding hydrogens is 281 g/mol. The predicted octanol–water partition coefficient (Wildman–Crippen LogP) is 3.50. The minimum atomic E-state index is 0.500. The Balaban J connectivity index is 1.74. The molecule has 1 aromatic heterocycles. The van der Waals surface area contributed by atoms with E-state index in [1.54, 1.807) is 12.3 Å². The van der Waals surface area contributed by atoms with Crippen molar-refractivity contribution in [2.24, 2.45) is 0 Å². The number of nitrogens with one attached hydrogen (secondary N) is 1. The van der Waals surface area contributed by atoms with Crippen molar-refractivity contribution in [3.8, 4) is 0 Å². The molecule has 5 heteroatoms. The maximum absolute atomic E-state index is 6.29. The van der Waals surface area contributed by atoms with E-state index in [0.717, 1.165) is 24.9 Å². The summed E-state index contributed by atoms with van der Waals surface area (Å²) in [5, 5.41) is 4.87. The molecule has 104 valence electrons. The van der Waals surface area contributed by atoms with Crippen molar-refractivity contribution < 1.29 is 0 Å². The Kier molecular flexibility index (Phi) is 4.15. The van der Waals surface area contributed by atoms with Crippen LogP contribution in [0.25, 0.3) is 0 Å². The topological polar surface area (TPSA) is 28.2 Å². The van der Waals surface area contributed by atoms with Crippen LogP contribution in [-0.4, -0.2) is 30.2 Å². The monoisotopic (exact) mass is 299 g/mol. The van der Waals surface area contributed by atoms with Gasteiger partial charge in [0, 0.05) is 31.4 Å². The smallest absolute Gasteiger partial charge is 0.147 e. The Morgan fingerprint density at radius 2 is 2.11 bits per heavy atom. The lowest BCUT2D eigenvalue weighted by Crippen LogP contribution is -2.46. The molecule has 0 bridgehead atoms. The lowest BCUT2D eigenvalue weighted by Gasteiger charge is -2.37. The molecule has 1 N–H and O–H groups in total. The fourth-order valence-electron chi connectivity index (χ4n) is 2.70. The Labute approximate surface area is 124 Å². The van der Waals surface area contributed by atoms with E-state index < -0.39 is 0 Å². The molecule has 0 radical (unpaired) electrons. The molecule has 1 aromatic rings. The van der Waals surface area contributed by atoms with E-state index in [-0.39, 0.29) is 0 Å². The van der Waals surface area contributed by atoms with Gasteiger partial charge in [0.15, 0.2) is 0 Å². The Bertz CT molecular complexity index is 448. The summed E-state index contributed by atoms with van der Waals surface area (Å²) in [7, 11) is 0. The quantitative estimate of drug-likeness (QED) is 0.922. The second-order valence-corrected chi connectivity index (χ2v) is 6.33. The Hall–Kier alpha value is -0.510. The van der Waals surface area contributed by atoms with Gasteiger partial charge in [-0.3, -0.25) is 0 Å². The number of aromatic nitrogens is 1. The van der Waals surface area contributed by atoms with Gasteiger partial charge in [-0.1, -0.05) is 23.2 Å². The molecule has 1 saturated carbocycles. The van der Waals surface area contributed by atoms with E-state index in [9.17, 15) is 0 Å². The van der Waals surface area contributed by atoms with Gasteiger partial charge in [-0.15, -0.1) is 0 Å². The standard InChI is InChI=1S/C14H19Cl2N3/c15-10-7-13(16)14(18-8-10)19-6-2-1-3-12(19)9-17-11-4-5-11/h7-8,11-12,17H,1-6,9H2. The molecule has 2 aliphatic rings. The summed E-state index contributed by atoms with van der Waals surface area (Å²) < 4.78 is 0. The third-order valence-corrected chi connectivity index (χ3v) is 4.39. The van der Waals surface area contributed by atoms with Crippen molar-refractivity contribution in [1.82, 2.24) is 10.3 Å². The fourth-order valence-corrected chi connectivity index (χ4v) is 3.19. The molecule has 1 saturated heterocycles. The summed E-state index contributed by atoms with van der Waals surface area (Å²) in [5.41, 5.74) is 0. The lowest BCUT2D eigenvalue weighted by molar-refractivity contribution is 0.432. The molecule has 0 spiro atoms. The van der Waals surface area contributed by atoms with Crippen LogP contribution in [-0.2, 0) is 0 Å². The highest BCUT2D eigenvalue weighted by Gasteiger charge is 2.28. The van der Waals surface area contributed by atoms with Crippen LogP contribution in [0.1, 0.15) is 32.1 Å². The summed E-state index contributed by atoms with van der Waals surface area (Å²) in [4.78, 5) is 6.77. The van der Waals surface area contributed by atoms with Crippen LogP contribution in [0.4, 0.5) is 5.82 Å². The van der Waals surface area contributed by atoms with Gasteiger partial charge in [-0.25, -0.2) is 4.98 Å². The van der Waals surface area contributed by atoms with Gasteiger partial charge in [0.25, 0.3) is 0 Å². The van der Waals surface area contributed by atoms with Gasteiger partial charge in [-0.2, -0.15) is 0 Å². The maximum atomic E-state index is 6.29. The SMILES string of the molecule is Clc1cnc(N2CCCCC2CNC2CC2)c(Cl)c1. The van der Waals surface area contributed by atoms with E-state index in [0.29, 0.717) is 16.1 Å². The third kappa shape index (κ3) is 3.33. The van der Waals surface area contributed by atoms with Crippen LogP contribution in [0.15, 0.2) is 12.3 Å². The van der Waals surface area contributed by atoms with E-state index in [1.807, 2.05) is 0 Å². The normalized spacial score (nSPS) is 23.7. The number of rotatable bonds is 4. The highest BCUT2D eigenvalue weighted by Crippen LogP contribution is 2.31. The highest BCUT2D eigenvalue weighted by molar-refractivity contribution is 6.36. The number of hydrogen-bond donors (Lipinski definition) is 1. The van der Waals surface area contributed by atoms with Crippen molar-refractivity contribution in [3.05, 3.63) is 22.3 Å². The zero-order valence-corrected chi connectivity index (χ0v) is 12.4. The predicted molar refractivity (Wildman–Crippen MR) is 80.3 cm³/mol. The molecule has 2 fully saturated rings. The molecule has 1 aliphatic carbocycles. The van der Waals surface area contributed by atoms with Crippen molar-refractivity contribution in [3.63, 3.8) is 0 Å². The van der Waals surface area contributed by atoms with Gasteiger partial charge in [0.1, 0.15) is 5.82 Å². The molecule has 1 aliphatic heterocycles. The first-order valence-electron chi connectivity index (χ1n) is 7.05. The minimum Gasteiger partial charge on any atom is -0.351 e. The first-order valence-corrected chi connectivity index (χ1v) is 7.80. The second kappa shape index (κ2) is 5.86. The summed E-state index contributed by atoms with van der Waals surface area (Å²) in [6.45, 7) is 2.07. The summed E-state index contributed by atoms with van der Waals surface area (Å²) in [6.07, 6.45) is 8.04. The van der Waals surface area contributed by atoms with Gasteiger partial charge < -0.3 is 10.2 Å². The van der Waals surface area contributed by atoms with E-state index in [4.69, 9.17) is 23.2 Å². The molecule has 0 aromatic carbocycles. The highest BCUT2D eigenvalue weighted by atomic mass is 35.5. The van der Waals surface area contributed by atoms with Crippen LogP contribution in [0.2, 0.25) is 10.0 Å². The Morgan fingerprint density at radius 3 is 2.84 bits per heavy atom. The zero-order valence-electron chi connectivity index (χ0n) is 10.9. The number of halogens is 2. The summed E-state index contributed by atoms with van der Waals surface area (Å²) in [5.74, 6) is 0.883. The van der Waals surface area contributed by atoms with Gasteiger partial charge in [-0.05, 0) is 38.2 Å². The van der Waals surface area contributed by atoms with Crippen LogP contribution >= 0.6 is 23.2 Å². The van der Waals surface area contributed by atoms with Gasteiger partial charge in [0.2, 0.25) is 0 Å². The van der Waals surface area contributed by atoms with Crippen LogP contribution < -0.4 is 10.2 Å². The molecule has 0 amide bonds. The molecular formula is C14H19Cl2N3. The third-order valence-electron chi connectivity index (χ3n) is 3.91. The maximum Gasteiger partial charge on any atom is 0.147 e. The van der Waals surface area contributed by atoms with Crippen LogP contribution in [0.3, 0.4) is 0 Å². The number of hydrogen-bond acceptors (Lipinski definition) is 3. The van der Waals surface area contributed by atoms with Gasteiger partial charge >= 0.3 is 0 Å². The lowest BCUT2D eigenvalue weighted by atomic mass is 10.0. The van der Waals surface area contributed by atoms with Crippen molar-refractivity contribution in [1.29, 1.82) is 0 Å². The van der Waals surface area contributed by atoms with Crippen molar-refractivity contribution in [2.45, 2.75) is 44.2 Å². The summed E-state index contributed by atoms with van der Waals surface area (Å²) in [6, 6.07) is 3.03. The molecule has 2 heterocycles. The number of anilines is 1. The number of nitrogens with zero attached hydrogens (tertiary/aromatic N) is 2.